The summed E-state index contributed by atoms with van der Waals surface area (Å²) in [5, 5.41) is 3.71. The molecule has 0 aromatic carbocycles. The topological polar surface area (TPSA) is 110 Å². The summed E-state index contributed by atoms with van der Waals surface area (Å²) in [4.78, 5) is 48.6. The summed E-state index contributed by atoms with van der Waals surface area (Å²) in [5.74, 6) is 1.03. The van der Waals surface area contributed by atoms with Crippen molar-refractivity contribution in [1.82, 2.24) is 24.8 Å². The third-order valence-corrected chi connectivity index (χ3v) is 5.96. The van der Waals surface area contributed by atoms with E-state index in [4.69, 9.17) is 0 Å². The largest absolute Gasteiger partial charge is 0.353 e. The molecule has 0 spiro atoms. The second-order valence-corrected chi connectivity index (χ2v) is 8.35. The number of carbonyl (C=O) groups is 1. The van der Waals surface area contributed by atoms with Crippen LogP contribution < -0.4 is 16.6 Å². The van der Waals surface area contributed by atoms with Crippen LogP contribution in [0, 0.1) is 0 Å². The number of amides is 1. The van der Waals surface area contributed by atoms with Gasteiger partial charge in [-0.15, -0.1) is 0 Å². The van der Waals surface area contributed by atoms with Gasteiger partial charge >= 0.3 is 5.69 Å². The van der Waals surface area contributed by atoms with E-state index in [2.05, 4.69) is 20.3 Å². The molecule has 2 heterocycles. The van der Waals surface area contributed by atoms with Crippen molar-refractivity contribution in [3.8, 4) is 0 Å². The van der Waals surface area contributed by atoms with Crippen LogP contribution in [0.3, 0.4) is 0 Å². The quantitative estimate of drug-likeness (QED) is 0.551. The Hall–Kier alpha value is -2.16. The van der Waals surface area contributed by atoms with E-state index in [0.29, 0.717) is 21.9 Å². The molecular weight excluding hydrogens is 366 g/mol. The van der Waals surface area contributed by atoms with Gasteiger partial charge in [0.1, 0.15) is 16.2 Å². The summed E-state index contributed by atoms with van der Waals surface area (Å²) >= 11 is 1.23. The zero-order valence-electron chi connectivity index (χ0n) is 15.4. The molecule has 2 aromatic rings. The molecule has 1 atom stereocenters. The van der Waals surface area contributed by atoms with Gasteiger partial charge in [0, 0.05) is 18.0 Å². The average molecular weight is 389 g/mol. The molecule has 0 radical (unpaired) electrons. The number of H-pyrrole nitrogens is 1. The van der Waals surface area contributed by atoms with Crippen LogP contribution in [-0.4, -0.2) is 37.2 Å². The highest BCUT2D eigenvalue weighted by atomic mass is 32.2. The van der Waals surface area contributed by atoms with Crippen molar-refractivity contribution in [3.63, 3.8) is 0 Å². The molecular formula is C18H23N5O3S. The fourth-order valence-electron chi connectivity index (χ4n) is 2.99. The summed E-state index contributed by atoms with van der Waals surface area (Å²) in [6.07, 6.45) is 4.70. The Balaban J connectivity index is 1.75. The van der Waals surface area contributed by atoms with E-state index in [0.717, 1.165) is 32.1 Å². The number of rotatable bonds is 7. The van der Waals surface area contributed by atoms with Crippen LogP contribution in [0.5, 0.6) is 0 Å². The minimum Gasteiger partial charge on any atom is -0.353 e. The minimum absolute atomic E-state index is 0.0883. The van der Waals surface area contributed by atoms with Gasteiger partial charge in [0.15, 0.2) is 5.65 Å². The van der Waals surface area contributed by atoms with Crippen LogP contribution in [-0.2, 0) is 4.79 Å². The third kappa shape index (κ3) is 3.78. The van der Waals surface area contributed by atoms with Crippen molar-refractivity contribution in [2.24, 2.45) is 0 Å². The number of hydrogen-bond acceptors (Lipinski definition) is 6. The average Bonchev–Trinajstić information content (AvgIpc) is 3.52. The van der Waals surface area contributed by atoms with Gasteiger partial charge in [0.05, 0.1) is 5.75 Å². The minimum atomic E-state index is -0.487. The fourth-order valence-corrected chi connectivity index (χ4v) is 3.82. The predicted octanol–water partition coefficient (Wildman–Crippen LogP) is 1.70. The van der Waals surface area contributed by atoms with E-state index >= 15 is 0 Å². The number of thioether (sulfide) groups is 1. The molecule has 2 N–H and O–H groups in total. The molecule has 2 fully saturated rings. The Labute approximate surface area is 160 Å². The van der Waals surface area contributed by atoms with Gasteiger partial charge in [-0.05, 0) is 39.0 Å². The van der Waals surface area contributed by atoms with Crippen LogP contribution in [0.15, 0.2) is 14.6 Å². The second kappa shape index (κ2) is 7.10. The molecule has 4 rings (SSSR count). The van der Waals surface area contributed by atoms with Gasteiger partial charge in [-0.25, -0.2) is 14.8 Å². The second-order valence-electron chi connectivity index (χ2n) is 7.39. The van der Waals surface area contributed by atoms with Crippen LogP contribution in [0.25, 0.3) is 11.0 Å². The van der Waals surface area contributed by atoms with Crippen LogP contribution in [0.4, 0.5) is 0 Å². The van der Waals surface area contributed by atoms with E-state index in [-0.39, 0.29) is 29.7 Å². The first-order valence-corrected chi connectivity index (χ1v) is 10.4. The number of fused-ring (bicyclic) bond motifs is 1. The summed E-state index contributed by atoms with van der Waals surface area (Å²) < 4.78 is 1.59. The van der Waals surface area contributed by atoms with E-state index in [1.54, 1.807) is 4.57 Å². The Bertz CT molecular complexity index is 1010. The fraction of sp³-hybridized carbons (Fsp3) is 0.611. The number of aromatic nitrogens is 4. The first-order valence-electron chi connectivity index (χ1n) is 9.46. The maximum Gasteiger partial charge on any atom is 0.330 e. The van der Waals surface area contributed by atoms with E-state index < -0.39 is 11.2 Å². The number of nitrogens with zero attached hydrogens (tertiary/aromatic N) is 3. The maximum absolute atomic E-state index is 12.5. The molecule has 9 heteroatoms. The third-order valence-electron chi connectivity index (χ3n) is 4.98. The molecule has 2 saturated carbocycles. The first-order chi connectivity index (χ1) is 13.0. The van der Waals surface area contributed by atoms with E-state index in [1.807, 2.05) is 13.8 Å². The highest BCUT2D eigenvalue weighted by molar-refractivity contribution is 8.00. The highest BCUT2D eigenvalue weighted by Gasteiger charge is 2.32. The number of nitrogens with one attached hydrogen (secondary N) is 2. The highest BCUT2D eigenvalue weighted by Crippen LogP contribution is 2.40. The molecule has 0 bridgehead atoms. The van der Waals surface area contributed by atoms with Crippen molar-refractivity contribution in [2.75, 3.05) is 5.75 Å². The van der Waals surface area contributed by atoms with Crippen LogP contribution in [0.1, 0.15) is 63.7 Å². The lowest BCUT2D eigenvalue weighted by Gasteiger charge is -2.13. The predicted molar refractivity (Wildman–Crippen MR) is 103 cm³/mol. The molecule has 144 valence electrons. The smallest absolute Gasteiger partial charge is 0.330 e. The molecule has 0 saturated heterocycles. The van der Waals surface area contributed by atoms with Gasteiger partial charge in [0.25, 0.3) is 5.56 Å². The SMILES string of the molecule is CC[C@H](C)NC(=O)CSc1nc(C2CC2)nc2c1c(=O)[nH]c(=O)n2C1CC1. The van der Waals surface area contributed by atoms with Crippen LogP contribution >= 0.6 is 11.8 Å². The van der Waals surface area contributed by atoms with Crippen molar-refractivity contribution in [1.29, 1.82) is 0 Å². The number of carbonyl (C=O) groups excluding carboxylic acids is 1. The molecule has 2 aliphatic carbocycles. The molecule has 0 unspecified atom stereocenters. The Morgan fingerprint density at radius 2 is 2.04 bits per heavy atom. The molecule has 8 nitrogen and oxygen atoms in total. The van der Waals surface area contributed by atoms with Gasteiger partial charge < -0.3 is 5.32 Å². The summed E-state index contributed by atoms with van der Waals surface area (Å²) in [6.45, 7) is 3.96. The lowest BCUT2D eigenvalue weighted by molar-refractivity contribution is -0.119. The van der Waals surface area contributed by atoms with Crippen molar-refractivity contribution < 1.29 is 4.79 Å². The van der Waals surface area contributed by atoms with E-state index in [9.17, 15) is 14.4 Å². The summed E-state index contributed by atoms with van der Waals surface area (Å²) in [7, 11) is 0. The molecule has 0 aliphatic heterocycles. The molecule has 2 aromatic heterocycles. The zero-order valence-corrected chi connectivity index (χ0v) is 16.3. The first kappa shape index (κ1) is 18.2. The maximum atomic E-state index is 12.5. The van der Waals surface area contributed by atoms with Gasteiger partial charge in [-0.3, -0.25) is 19.1 Å². The summed E-state index contributed by atoms with van der Waals surface area (Å²) in [5.41, 5.74) is -0.493. The monoisotopic (exact) mass is 389 g/mol. The Morgan fingerprint density at radius 1 is 1.30 bits per heavy atom. The summed E-state index contributed by atoms with van der Waals surface area (Å²) in [6, 6.07) is 0.191. The Kier molecular flexibility index (Phi) is 4.79. The number of aromatic amines is 1. The standard InChI is InChI=1S/C18H23N5O3S/c1-3-9(2)19-12(24)8-27-17-13-15(20-14(21-17)10-4-5-10)23(11-6-7-11)18(26)22-16(13)25/h9-11H,3-8H2,1-2H3,(H,19,24)(H,22,25,26)/t9-/m0/s1. The van der Waals surface area contributed by atoms with Crippen molar-refractivity contribution in [2.45, 2.75) is 69.0 Å². The Morgan fingerprint density at radius 3 is 2.67 bits per heavy atom. The molecule has 27 heavy (non-hydrogen) atoms. The number of hydrogen-bond donors (Lipinski definition) is 2. The van der Waals surface area contributed by atoms with Crippen LogP contribution in [0.2, 0.25) is 0 Å². The molecule has 2 aliphatic rings. The van der Waals surface area contributed by atoms with Crippen molar-refractivity contribution >= 4 is 28.7 Å². The van der Waals surface area contributed by atoms with Gasteiger partial charge in [-0.1, -0.05) is 18.7 Å². The normalized spacial score (nSPS) is 17.9. The zero-order chi connectivity index (χ0) is 19.1. The van der Waals surface area contributed by atoms with Gasteiger partial charge in [0.2, 0.25) is 5.91 Å². The van der Waals surface area contributed by atoms with E-state index in [1.165, 1.54) is 11.8 Å². The van der Waals surface area contributed by atoms with Crippen molar-refractivity contribution in [3.05, 3.63) is 26.7 Å². The lowest BCUT2D eigenvalue weighted by atomic mass is 10.3. The lowest BCUT2D eigenvalue weighted by Crippen LogP contribution is -2.33. The molecule has 1 amide bonds. The van der Waals surface area contributed by atoms with Gasteiger partial charge in [-0.2, -0.15) is 0 Å².